The van der Waals surface area contributed by atoms with Crippen molar-refractivity contribution in [2.75, 3.05) is 6.54 Å². The zero-order valence-electron chi connectivity index (χ0n) is 18.5. The van der Waals surface area contributed by atoms with Gasteiger partial charge in [0.1, 0.15) is 6.17 Å². The number of unbranched alkanes of at least 4 members (excludes halogenated alkanes) is 12. The summed E-state index contributed by atoms with van der Waals surface area (Å²) in [5.41, 5.74) is 0. The van der Waals surface area contributed by atoms with E-state index in [4.69, 9.17) is 0 Å². The molecule has 0 spiro atoms. The van der Waals surface area contributed by atoms with Crippen LogP contribution in [0.4, 0.5) is 0 Å². The van der Waals surface area contributed by atoms with Crippen molar-refractivity contribution in [1.82, 2.24) is 9.80 Å². The van der Waals surface area contributed by atoms with Crippen LogP contribution in [0.25, 0.3) is 0 Å². The fourth-order valence-electron chi connectivity index (χ4n) is 4.12. The van der Waals surface area contributed by atoms with E-state index in [1.807, 2.05) is 0 Å². The zero-order chi connectivity index (χ0) is 19.0. The fourth-order valence-corrected chi connectivity index (χ4v) is 4.12. The van der Waals surface area contributed by atoms with Gasteiger partial charge in [0.25, 0.3) is 0 Å². The van der Waals surface area contributed by atoms with Gasteiger partial charge in [-0.25, -0.2) is 0 Å². The first-order valence-electron chi connectivity index (χ1n) is 11.9. The minimum absolute atomic E-state index is 0.611. The molecule has 1 aliphatic heterocycles. The van der Waals surface area contributed by atoms with E-state index in [9.17, 15) is 0 Å². The summed E-state index contributed by atoms with van der Waals surface area (Å²) >= 11 is 0. The Morgan fingerprint density at radius 1 is 0.654 bits per heavy atom. The number of nitrogens with zero attached hydrogens (tertiary/aromatic N) is 2. The van der Waals surface area contributed by atoms with Gasteiger partial charge in [0.2, 0.25) is 0 Å². The Kier molecular flexibility index (Phi) is 13.9. The maximum absolute atomic E-state index is 2.62. The van der Waals surface area contributed by atoms with Crippen molar-refractivity contribution in [2.45, 2.75) is 136 Å². The van der Waals surface area contributed by atoms with Gasteiger partial charge < -0.3 is 9.80 Å². The van der Waals surface area contributed by atoms with Crippen molar-refractivity contribution in [3.8, 4) is 0 Å². The second-order valence-electron chi connectivity index (χ2n) is 8.59. The third-order valence-corrected chi connectivity index (χ3v) is 5.84. The monoisotopic (exact) mass is 364 g/mol. The van der Waals surface area contributed by atoms with Gasteiger partial charge in [0.05, 0.1) is 0 Å². The van der Waals surface area contributed by atoms with E-state index in [0.29, 0.717) is 12.2 Å². The van der Waals surface area contributed by atoms with E-state index in [1.165, 1.54) is 103 Å². The Labute approximate surface area is 165 Å². The van der Waals surface area contributed by atoms with Crippen molar-refractivity contribution < 1.29 is 0 Å². The molecule has 0 saturated heterocycles. The molecule has 0 aromatic carbocycles. The van der Waals surface area contributed by atoms with Crippen LogP contribution >= 0.6 is 0 Å². The predicted molar refractivity (Wildman–Crippen MR) is 117 cm³/mol. The Balaban J connectivity index is 2.19. The van der Waals surface area contributed by atoms with Crippen LogP contribution in [0.2, 0.25) is 0 Å². The van der Waals surface area contributed by atoms with Crippen LogP contribution < -0.4 is 0 Å². The molecular weight excluding hydrogens is 316 g/mol. The molecule has 0 aliphatic carbocycles. The van der Waals surface area contributed by atoms with Crippen LogP contribution in [0.5, 0.6) is 0 Å². The molecular formula is C24H48N2. The van der Waals surface area contributed by atoms with Crippen molar-refractivity contribution in [1.29, 1.82) is 0 Å². The lowest BCUT2D eigenvalue weighted by Gasteiger charge is -2.35. The molecule has 0 saturated carbocycles. The molecule has 0 fully saturated rings. The van der Waals surface area contributed by atoms with Crippen LogP contribution in [-0.2, 0) is 0 Å². The Bertz CT molecular complexity index is 337. The van der Waals surface area contributed by atoms with Gasteiger partial charge in [0.15, 0.2) is 0 Å². The highest BCUT2D eigenvalue weighted by Gasteiger charge is 2.26. The first kappa shape index (κ1) is 23.4. The molecule has 0 aromatic heterocycles. The summed E-state index contributed by atoms with van der Waals surface area (Å²) in [5.74, 6) is 0. The minimum Gasteiger partial charge on any atom is -0.356 e. The van der Waals surface area contributed by atoms with Crippen molar-refractivity contribution in [3.05, 3.63) is 12.4 Å². The van der Waals surface area contributed by atoms with Crippen LogP contribution in [0.1, 0.15) is 124 Å². The van der Waals surface area contributed by atoms with Gasteiger partial charge in [-0.05, 0) is 33.1 Å². The highest BCUT2D eigenvalue weighted by molar-refractivity contribution is 4.98. The summed E-state index contributed by atoms with van der Waals surface area (Å²) in [7, 11) is 0. The van der Waals surface area contributed by atoms with E-state index in [1.54, 1.807) is 0 Å². The second-order valence-corrected chi connectivity index (χ2v) is 8.59. The number of hydrogen-bond donors (Lipinski definition) is 0. The normalized spacial score (nSPS) is 17.0. The van der Waals surface area contributed by atoms with Gasteiger partial charge in [-0.2, -0.15) is 0 Å². The Morgan fingerprint density at radius 3 is 1.69 bits per heavy atom. The van der Waals surface area contributed by atoms with E-state index >= 15 is 0 Å². The van der Waals surface area contributed by atoms with E-state index in [0.717, 1.165) is 0 Å². The molecule has 1 aliphatic rings. The van der Waals surface area contributed by atoms with Gasteiger partial charge in [0, 0.05) is 25.0 Å². The molecule has 2 heteroatoms. The molecule has 1 rings (SSSR count). The van der Waals surface area contributed by atoms with E-state index in [-0.39, 0.29) is 0 Å². The lowest BCUT2D eigenvalue weighted by molar-refractivity contribution is 0.114. The summed E-state index contributed by atoms with van der Waals surface area (Å²) in [6.45, 7) is 10.5. The molecule has 0 radical (unpaired) electrons. The smallest absolute Gasteiger partial charge is 0.101 e. The lowest BCUT2D eigenvalue weighted by atomic mass is 10.1. The summed E-state index contributed by atoms with van der Waals surface area (Å²) in [4.78, 5) is 5.20. The van der Waals surface area contributed by atoms with Gasteiger partial charge in [-0.15, -0.1) is 0 Å². The molecule has 0 amide bonds. The van der Waals surface area contributed by atoms with Gasteiger partial charge in [-0.1, -0.05) is 90.9 Å². The SMILES string of the molecule is CCCCCCCCCCCC1N(CCCCCCC)C=CN1C(C)C. The zero-order valence-corrected chi connectivity index (χ0v) is 18.5. The van der Waals surface area contributed by atoms with Crippen molar-refractivity contribution in [2.24, 2.45) is 0 Å². The fraction of sp³-hybridized carbons (Fsp3) is 0.917. The third kappa shape index (κ3) is 9.88. The Hall–Kier alpha value is -0.660. The molecule has 0 bridgehead atoms. The maximum atomic E-state index is 2.62. The number of rotatable bonds is 17. The third-order valence-electron chi connectivity index (χ3n) is 5.84. The lowest BCUT2D eigenvalue weighted by Crippen LogP contribution is -2.42. The molecule has 0 N–H and O–H groups in total. The summed E-state index contributed by atoms with van der Waals surface area (Å²) < 4.78 is 0. The van der Waals surface area contributed by atoms with E-state index < -0.39 is 0 Å². The van der Waals surface area contributed by atoms with Crippen LogP contribution in [0, 0.1) is 0 Å². The van der Waals surface area contributed by atoms with E-state index in [2.05, 4.69) is 49.9 Å². The topological polar surface area (TPSA) is 6.48 Å². The molecule has 26 heavy (non-hydrogen) atoms. The number of hydrogen-bond acceptors (Lipinski definition) is 2. The molecule has 0 aromatic rings. The van der Waals surface area contributed by atoms with Crippen molar-refractivity contribution in [3.63, 3.8) is 0 Å². The molecule has 1 heterocycles. The molecule has 2 nitrogen and oxygen atoms in total. The Morgan fingerprint density at radius 2 is 1.15 bits per heavy atom. The predicted octanol–water partition coefficient (Wildman–Crippen LogP) is 7.70. The highest BCUT2D eigenvalue weighted by Crippen LogP contribution is 2.24. The molecule has 1 unspecified atom stereocenters. The average molecular weight is 365 g/mol. The van der Waals surface area contributed by atoms with Crippen LogP contribution in [0.15, 0.2) is 12.4 Å². The molecule has 154 valence electrons. The summed E-state index contributed by atoms with van der Waals surface area (Å²) in [5, 5.41) is 0. The van der Waals surface area contributed by atoms with Crippen LogP contribution in [0.3, 0.4) is 0 Å². The average Bonchev–Trinajstić information content (AvgIpc) is 3.03. The maximum Gasteiger partial charge on any atom is 0.101 e. The first-order valence-corrected chi connectivity index (χ1v) is 11.9. The van der Waals surface area contributed by atoms with Gasteiger partial charge >= 0.3 is 0 Å². The standard InChI is InChI=1S/C24H48N2/c1-5-7-9-11-12-13-14-15-17-19-24-25(20-18-16-10-8-6-2)21-22-26(24)23(3)4/h21-24H,5-20H2,1-4H3. The quantitative estimate of drug-likeness (QED) is 0.244. The van der Waals surface area contributed by atoms with Gasteiger partial charge in [-0.3, -0.25) is 0 Å². The minimum atomic E-state index is 0.611. The van der Waals surface area contributed by atoms with Crippen LogP contribution in [-0.4, -0.2) is 28.6 Å². The highest BCUT2D eigenvalue weighted by atomic mass is 15.4. The second kappa shape index (κ2) is 15.4. The molecule has 1 atom stereocenters. The largest absolute Gasteiger partial charge is 0.356 e. The van der Waals surface area contributed by atoms with Crippen molar-refractivity contribution >= 4 is 0 Å². The first-order chi connectivity index (χ1) is 12.7. The summed E-state index contributed by atoms with van der Waals surface area (Å²) in [6.07, 6.45) is 26.4. The summed E-state index contributed by atoms with van der Waals surface area (Å²) in [6, 6.07) is 0.611.